The summed E-state index contributed by atoms with van der Waals surface area (Å²) < 4.78 is 6.25. The zero-order valence-corrected chi connectivity index (χ0v) is 14.7. The first-order valence-electron chi connectivity index (χ1n) is 7.58. The molecule has 0 unspecified atom stereocenters. The highest BCUT2D eigenvalue weighted by Gasteiger charge is 2.57. The number of rotatable bonds is 2. The van der Waals surface area contributed by atoms with Gasteiger partial charge in [-0.1, -0.05) is 47.6 Å². The highest BCUT2D eigenvalue weighted by atomic mass is 28.4. The third-order valence-electron chi connectivity index (χ3n) is 4.37. The van der Waals surface area contributed by atoms with Crippen LogP contribution in [0.4, 0.5) is 0 Å². The van der Waals surface area contributed by atoms with E-state index in [1.807, 2.05) is 6.07 Å². The van der Waals surface area contributed by atoms with Gasteiger partial charge in [-0.05, 0) is 42.5 Å². The topological polar surface area (TPSA) is 29.5 Å². The van der Waals surface area contributed by atoms with Crippen LogP contribution in [0.2, 0.25) is 10.1 Å². The first-order valence-corrected chi connectivity index (χ1v) is 9.43. The molecule has 0 spiro atoms. The molecule has 2 nitrogen and oxygen atoms in total. The molecular formula is C17H28O2Si. The Kier molecular flexibility index (Phi) is 3.80. The second kappa shape index (κ2) is 4.88. The van der Waals surface area contributed by atoms with E-state index in [0.717, 1.165) is 12.2 Å². The summed E-state index contributed by atoms with van der Waals surface area (Å²) in [6.07, 6.45) is 3.55. The first kappa shape index (κ1) is 15.6. The lowest BCUT2D eigenvalue weighted by Crippen LogP contribution is -2.57. The monoisotopic (exact) mass is 292 g/mol. The van der Waals surface area contributed by atoms with Gasteiger partial charge in [-0.15, -0.1) is 0 Å². The molecule has 1 aliphatic rings. The van der Waals surface area contributed by atoms with Gasteiger partial charge in [0.2, 0.25) is 0 Å². The van der Waals surface area contributed by atoms with Gasteiger partial charge in [0.25, 0.3) is 0 Å². The number of benzene rings is 1. The zero-order chi connectivity index (χ0) is 15.2. The van der Waals surface area contributed by atoms with Gasteiger partial charge in [0.05, 0.1) is 0 Å². The van der Waals surface area contributed by atoms with Crippen LogP contribution >= 0.6 is 0 Å². The van der Waals surface area contributed by atoms with Crippen LogP contribution in [0.25, 0.3) is 0 Å². The Bertz CT molecular complexity index is 481. The highest BCUT2D eigenvalue weighted by molar-refractivity contribution is 6.72. The number of hydrogen-bond donors (Lipinski definition) is 1. The smallest absolute Gasteiger partial charge is 0.407 e. The minimum Gasteiger partial charge on any atom is -0.520 e. The molecule has 0 heterocycles. The minimum atomic E-state index is -2.93. The molecule has 1 N–H and O–H groups in total. The van der Waals surface area contributed by atoms with Crippen molar-refractivity contribution in [2.75, 3.05) is 0 Å². The van der Waals surface area contributed by atoms with E-state index in [1.165, 1.54) is 24.0 Å². The second-order valence-corrected chi connectivity index (χ2v) is 12.5. The molecule has 0 saturated heterocycles. The SMILES string of the molecule is CC(C)(C)[Si](O)(Oc1ccc2c(c1)CCC2)C(C)(C)C. The van der Waals surface area contributed by atoms with Crippen molar-refractivity contribution in [1.82, 2.24) is 0 Å². The number of aryl methyl sites for hydroxylation is 2. The first-order chi connectivity index (χ1) is 9.04. The third kappa shape index (κ3) is 2.66. The fourth-order valence-electron chi connectivity index (χ4n) is 3.21. The van der Waals surface area contributed by atoms with Crippen LogP contribution in [0.5, 0.6) is 5.75 Å². The van der Waals surface area contributed by atoms with Gasteiger partial charge in [-0.3, -0.25) is 0 Å². The van der Waals surface area contributed by atoms with E-state index in [0.29, 0.717) is 0 Å². The van der Waals surface area contributed by atoms with Crippen LogP contribution in [0.1, 0.15) is 59.1 Å². The quantitative estimate of drug-likeness (QED) is 0.808. The van der Waals surface area contributed by atoms with E-state index < -0.39 is 8.56 Å². The third-order valence-corrected chi connectivity index (χ3v) is 8.97. The van der Waals surface area contributed by atoms with Crippen molar-refractivity contribution < 1.29 is 9.22 Å². The van der Waals surface area contributed by atoms with Crippen molar-refractivity contribution in [2.45, 2.75) is 70.9 Å². The molecule has 0 saturated carbocycles. The van der Waals surface area contributed by atoms with Crippen molar-refractivity contribution in [2.24, 2.45) is 0 Å². The molecule has 2 rings (SSSR count). The van der Waals surface area contributed by atoms with Crippen molar-refractivity contribution >= 4 is 8.56 Å². The molecule has 1 aromatic rings. The maximum absolute atomic E-state index is 11.3. The molecule has 0 aromatic heterocycles. The molecule has 3 heteroatoms. The summed E-state index contributed by atoms with van der Waals surface area (Å²) in [5.74, 6) is 0.838. The average molecular weight is 292 g/mol. The molecule has 0 bridgehead atoms. The van der Waals surface area contributed by atoms with Crippen LogP contribution in [0, 0.1) is 0 Å². The minimum absolute atomic E-state index is 0.232. The molecule has 0 fully saturated rings. The second-order valence-electron chi connectivity index (χ2n) is 8.03. The summed E-state index contributed by atoms with van der Waals surface area (Å²) in [5.41, 5.74) is 2.83. The normalized spacial score (nSPS) is 16.1. The molecule has 0 atom stereocenters. The van der Waals surface area contributed by atoms with Gasteiger partial charge in [-0.25, -0.2) is 0 Å². The fraction of sp³-hybridized carbons (Fsp3) is 0.647. The molecule has 20 heavy (non-hydrogen) atoms. The molecular weight excluding hydrogens is 264 g/mol. The van der Waals surface area contributed by atoms with E-state index in [1.54, 1.807) is 0 Å². The lowest BCUT2D eigenvalue weighted by molar-refractivity contribution is 0.284. The van der Waals surface area contributed by atoms with Gasteiger partial charge >= 0.3 is 8.56 Å². The van der Waals surface area contributed by atoms with Gasteiger partial charge in [0, 0.05) is 10.1 Å². The van der Waals surface area contributed by atoms with E-state index in [4.69, 9.17) is 4.43 Å². The number of hydrogen-bond acceptors (Lipinski definition) is 2. The van der Waals surface area contributed by atoms with Crippen molar-refractivity contribution in [3.05, 3.63) is 29.3 Å². The van der Waals surface area contributed by atoms with Crippen LogP contribution in [-0.2, 0) is 12.8 Å². The average Bonchev–Trinajstić information content (AvgIpc) is 2.73. The Morgan fingerprint density at radius 3 is 2.05 bits per heavy atom. The van der Waals surface area contributed by atoms with Crippen LogP contribution < -0.4 is 4.43 Å². The van der Waals surface area contributed by atoms with E-state index in [9.17, 15) is 4.80 Å². The maximum atomic E-state index is 11.3. The van der Waals surface area contributed by atoms with Crippen molar-refractivity contribution in [1.29, 1.82) is 0 Å². The summed E-state index contributed by atoms with van der Waals surface area (Å²) in [5, 5.41) is -0.464. The largest absolute Gasteiger partial charge is 0.520 e. The lowest BCUT2D eigenvalue weighted by Gasteiger charge is -2.45. The Labute approximate surface area is 124 Å². The lowest BCUT2D eigenvalue weighted by atomic mass is 10.1. The fourth-order valence-corrected chi connectivity index (χ4v) is 6.54. The predicted octanol–water partition coefficient (Wildman–Crippen LogP) is 4.59. The van der Waals surface area contributed by atoms with Crippen LogP contribution in [0.3, 0.4) is 0 Å². The summed E-state index contributed by atoms with van der Waals surface area (Å²) in [4.78, 5) is 11.3. The van der Waals surface area contributed by atoms with Gasteiger partial charge < -0.3 is 9.22 Å². The van der Waals surface area contributed by atoms with Crippen molar-refractivity contribution in [3.8, 4) is 5.75 Å². The summed E-state index contributed by atoms with van der Waals surface area (Å²) in [7, 11) is -2.93. The van der Waals surface area contributed by atoms with E-state index in [2.05, 4.69) is 53.7 Å². The molecule has 0 amide bonds. The molecule has 0 aliphatic heterocycles. The van der Waals surface area contributed by atoms with Crippen LogP contribution in [-0.4, -0.2) is 13.4 Å². The Morgan fingerprint density at radius 2 is 1.50 bits per heavy atom. The van der Waals surface area contributed by atoms with Crippen LogP contribution in [0.15, 0.2) is 18.2 Å². The summed E-state index contributed by atoms with van der Waals surface area (Å²) in [6.45, 7) is 12.5. The summed E-state index contributed by atoms with van der Waals surface area (Å²) in [6, 6.07) is 6.33. The maximum Gasteiger partial charge on any atom is 0.407 e. The van der Waals surface area contributed by atoms with E-state index in [-0.39, 0.29) is 10.1 Å². The van der Waals surface area contributed by atoms with Gasteiger partial charge in [0.15, 0.2) is 0 Å². The Balaban J connectivity index is 2.34. The molecule has 1 aromatic carbocycles. The predicted molar refractivity (Wildman–Crippen MR) is 86.5 cm³/mol. The molecule has 112 valence electrons. The Hall–Kier alpha value is -0.803. The van der Waals surface area contributed by atoms with E-state index >= 15 is 0 Å². The number of fused-ring (bicyclic) bond motifs is 1. The Morgan fingerprint density at radius 1 is 0.950 bits per heavy atom. The van der Waals surface area contributed by atoms with Crippen molar-refractivity contribution in [3.63, 3.8) is 0 Å². The standard InChI is InChI=1S/C17H28O2Si/c1-16(2,3)20(18,17(4,5)6)19-15-11-10-13-8-7-9-14(13)12-15/h10-12,18H,7-9H2,1-6H3. The van der Waals surface area contributed by atoms with Gasteiger partial charge in [-0.2, -0.15) is 0 Å². The summed E-state index contributed by atoms with van der Waals surface area (Å²) >= 11 is 0. The molecule has 1 aliphatic carbocycles. The molecule has 0 radical (unpaired) electrons. The van der Waals surface area contributed by atoms with Gasteiger partial charge in [0.1, 0.15) is 5.75 Å². The zero-order valence-electron chi connectivity index (χ0n) is 13.7. The highest BCUT2D eigenvalue weighted by Crippen LogP contribution is 2.49.